The van der Waals surface area contributed by atoms with E-state index in [0.29, 0.717) is 24.8 Å². The maximum atomic E-state index is 6.06. The molecule has 1 aromatic carbocycles. The molecular weight excluding hydrogens is 264 g/mol. The smallest absolute Gasteiger partial charge is 0.203 e. The lowest BCUT2D eigenvalue weighted by molar-refractivity contribution is 0.0438. The van der Waals surface area contributed by atoms with E-state index in [2.05, 4.69) is 4.98 Å². The Hall–Kier alpha value is -1.10. The molecule has 2 heterocycles. The molecule has 0 saturated carbocycles. The zero-order valence-corrected chi connectivity index (χ0v) is 11.7. The molecule has 1 aliphatic rings. The van der Waals surface area contributed by atoms with Crippen LogP contribution in [0.1, 0.15) is 24.3 Å². The molecule has 1 aromatic heterocycles. The first-order valence-electron chi connectivity index (χ1n) is 6.50. The summed E-state index contributed by atoms with van der Waals surface area (Å²) in [4.78, 5) is 4.61. The summed E-state index contributed by atoms with van der Waals surface area (Å²) in [6.07, 6.45) is 1.70. The van der Waals surface area contributed by atoms with Gasteiger partial charge < -0.3 is 14.9 Å². The summed E-state index contributed by atoms with van der Waals surface area (Å²) in [5.74, 6) is 0.721. The number of rotatable bonds is 2. The molecule has 2 aromatic rings. The fourth-order valence-electron chi connectivity index (χ4n) is 2.65. The van der Waals surface area contributed by atoms with Crippen LogP contribution in [0.3, 0.4) is 0 Å². The fourth-order valence-corrected chi connectivity index (χ4v) is 2.92. The van der Waals surface area contributed by atoms with Crippen molar-refractivity contribution in [3.05, 3.63) is 28.6 Å². The van der Waals surface area contributed by atoms with Gasteiger partial charge in [-0.3, -0.25) is 0 Å². The Balaban J connectivity index is 2.11. The van der Waals surface area contributed by atoms with E-state index in [1.54, 1.807) is 0 Å². The van der Waals surface area contributed by atoms with Crippen LogP contribution < -0.4 is 5.73 Å². The van der Waals surface area contributed by atoms with Crippen molar-refractivity contribution < 1.29 is 9.15 Å². The van der Waals surface area contributed by atoms with E-state index in [-0.39, 0.29) is 5.41 Å². The number of benzene rings is 1. The number of oxazole rings is 1. The van der Waals surface area contributed by atoms with Gasteiger partial charge in [-0.1, -0.05) is 11.6 Å². The molecule has 0 atom stereocenters. The molecule has 0 bridgehead atoms. The van der Waals surface area contributed by atoms with Gasteiger partial charge in [0.1, 0.15) is 5.52 Å². The molecule has 5 heteroatoms. The highest BCUT2D eigenvalue weighted by atomic mass is 35.5. The normalized spacial score (nSPS) is 18.9. The van der Waals surface area contributed by atoms with Gasteiger partial charge in [0.15, 0.2) is 5.58 Å². The van der Waals surface area contributed by atoms with E-state index >= 15 is 0 Å². The van der Waals surface area contributed by atoms with Gasteiger partial charge in [0.05, 0.1) is 5.41 Å². The summed E-state index contributed by atoms with van der Waals surface area (Å²) in [6.45, 7) is 3.91. The Kier molecular flexibility index (Phi) is 3.25. The molecule has 19 heavy (non-hydrogen) atoms. The van der Waals surface area contributed by atoms with Crippen molar-refractivity contribution in [2.45, 2.75) is 25.2 Å². The highest BCUT2D eigenvalue weighted by Crippen LogP contribution is 2.36. The molecule has 0 spiro atoms. The number of nitrogens with two attached hydrogens (primary N) is 1. The Labute approximate surface area is 116 Å². The molecule has 1 fully saturated rings. The zero-order valence-electron chi connectivity index (χ0n) is 10.9. The van der Waals surface area contributed by atoms with Crippen molar-refractivity contribution in [1.29, 1.82) is 0 Å². The third kappa shape index (κ3) is 2.14. The van der Waals surface area contributed by atoms with Crippen LogP contribution in [0.2, 0.25) is 5.02 Å². The van der Waals surface area contributed by atoms with Gasteiger partial charge in [0, 0.05) is 24.8 Å². The summed E-state index contributed by atoms with van der Waals surface area (Å²) in [5.41, 5.74) is 8.39. The number of halogens is 1. The number of ether oxygens (including phenoxy) is 1. The Bertz CT molecular complexity index is 603. The minimum absolute atomic E-state index is 0.198. The van der Waals surface area contributed by atoms with Gasteiger partial charge in [-0.25, -0.2) is 4.98 Å². The van der Waals surface area contributed by atoms with E-state index in [1.807, 2.05) is 19.1 Å². The molecule has 0 radical (unpaired) electrons. The molecule has 1 aliphatic heterocycles. The Morgan fingerprint density at radius 3 is 2.79 bits per heavy atom. The quantitative estimate of drug-likeness (QED) is 0.919. The molecule has 102 valence electrons. The summed E-state index contributed by atoms with van der Waals surface area (Å²) in [7, 11) is 0. The van der Waals surface area contributed by atoms with Gasteiger partial charge in [0.25, 0.3) is 0 Å². The van der Waals surface area contributed by atoms with Crippen molar-refractivity contribution in [1.82, 2.24) is 4.98 Å². The number of aryl methyl sites for hydroxylation is 1. The van der Waals surface area contributed by atoms with Crippen LogP contribution in [0.4, 0.5) is 0 Å². The lowest BCUT2D eigenvalue weighted by atomic mass is 9.80. The third-order valence-corrected chi connectivity index (χ3v) is 4.15. The van der Waals surface area contributed by atoms with Crippen LogP contribution in [0.25, 0.3) is 11.1 Å². The standard InChI is InChI=1S/C14H17ClN2O2/c1-9-6-10(15)7-11-12(9)19-13(17-11)14(8-16)2-4-18-5-3-14/h6-7H,2-5,8,16H2,1H3. The van der Waals surface area contributed by atoms with Crippen molar-refractivity contribution in [2.75, 3.05) is 19.8 Å². The summed E-state index contributed by atoms with van der Waals surface area (Å²) in [6, 6.07) is 3.72. The van der Waals surface area contributed by atoms with E-state index in [1.165, 1.54) is 0 Å². The monoisotopic (exact) mass is 280 g/mol. The highest BCUT2D eigenvalue weighted by molar-refractivity contribution is 6.31. The van der Waals surface area contributed by atoms with Gasteiger partial charge in [0.2, 0.25) is 5.89 Å². The van der Waals surface area contributed by atoms with E-state index in [4.69, 9.17) is 26.5 Å². The topological polar surface area (TPSA) is 61.3 Å². The van der Waals surface area contributed by atoms with E-state index in [9.17, 15) is 0 Å². The highest BCUT2D eigenvalue weighted by Gasteiger charge is 2.38. The van der Waals surface area contributed by atoms with Crippen LogP contribution >= 0.6 is 11.6 Å². The number of fused-ring (bicyclic) bond motifs is 1. The zero-order chi connectivity index (χ0) is 13.5. The lowest BCUT2D eigenvalue weighted by Crippen LogP contribution is -2.40. The van der Waals surface area contributed by atoms with Crippen molar-refractivity contribution >= 4 is 22.7 Å². The number of hydrogen-bond donors (Lipinski definition) is 1. The third-order valence-electron chi connectivity index (χ3n) is 3.93. The van der Waals surface area contributed by atoms with Gasteiger partial charge in [-0.15, -0.1) is 0 Å². The average molecular weight is 281 g/mol. The molecule has 0 amide bonds. The van der Waals surface area contributed by atoms with E-state index in [0.717, 1.165) is 35.4 Å². The van der Waals surface area contributed by atoms with Gasteiger partial charge in [-0.05, 0) is 37.5 Å². The second-order valence-corrected chi connectivity index (χ2v) is 5.62. The van der Waals surface area contributed by atoms with E-state index < -0.39 is 0 Å². The lowest BCUT2D eigenvalue weighted by Gasteiger charge is -2.32. The van der Waals surface area contributed by atoms with Crippen molar-refractivity contribution in [2.24, 2.45) is 5.73 Å². The molecular formula is C14H17ClN2O2. The van der Waals surface area contributed by atoms with Gasteiger partial charge >= 0.3 is 0 Å². The first-order valence-corrected chi connectivity index (χ1v) is 6.87. The van der Waals surface area contributed by atoms with Crippen LogP contribution in [0.15, 0.2) is 16.5 Å². The minimum Gasteiger partial charge on any atom is -0.440 e. The fraction of sp³-hybridized carbons (Fsp3) is 0.500. The number of nitrogens with zero attached hydrogens (tertiary/aromatic N) is 1. The summed E-state index contributed by atoms with van der Waals surface area (Å²) < 4.78 is 11.4. The molecule has 1 saturated heterocycles. The second-order valence-electron chi connectivity index (χ2n) is 5.19. The molecule has 0 unspecified atom stereocenters. The van der Waals surface area contributed by atoms with Crippen molar-refractivity contribution in [3.8, 4) is 0 Å². The Morgan fingerprint density at radius 2 is 2.11 bits per heavy atom. The average Bonchev–Trinajstić information content (AvgIpc) is 2.84. The molecule has 4 nitrogen and oxygen atoms in total. The minimum atomic E-state index is -0.198. The number of hydrogen-bond acceptors (Lipinski definition) is 4. The maximum absolute atomic E-state index is 6.06. The maximum Gasteiger partial charge on any atom is 0.203 e. The summed E-state index contributed by atoms with van der Waals surface area (Å²) >= 11 is 6.06. The summed E-state index contributed by atoms with van der Waals surface area (Å²) in [5, 5.41) is 0.679. The van der Waals surface area contributed by atoms with Crippen LogP contribution in [0, 0.1) is 6.92 Å². The van der Waals surface area contributed by atoms with Crippen molar-refractivity contribution in [3.63, 3.8) is 0 Å². The second kappa shape index (κ2) is 4.78. The first kappa shape index (κ1) is 12.9. The largest absolute Gasteiger partial charge is 0.440 e. The first-order chi connectivity index (χ1) is 9.14. The number of aromatic nitrogens is 1. The van der Waals surface area contributed by atoms with Crippen LogP contribution in [-0.2, 0) is 10.2 Å². The van der Waals surface area contributed by atoms with Crippen LogP contribution in [-0.4, -0.2) is 24.7 Å². The predicted octanol–water partition coefficient (Wildman–Crippen LogP) is 2.80. The van der Waals surface area contributed by atoms with Crippen LogP contribution in [0.5, 0.6) is 0 Å². The molecule has 2 N–H and O–H groups in total. The van der Waals surface area contributed by atoms with Gasteiger partial charge in [-0.2, -0.15) is 0 Å². The SMILES string of the molecule is Cc1cc(Cl)cc2nc(C3(CN)CCOCC3)oc12. The molecule has 0 aliphatic carbocycles. The Morgan fingerprint density at radius 1 is 1.37 bits per heavy atom. The predicted molar refractivity (Wildman–Crippen MR) is 74.5 cm³/mol. The molecule has 3 rings (SSSR count).